The van der Waals surface area contributed by atoms with E-state index < -0.39 is 0 Å². The highest BCUT2D eigenvalue weighted by atomic mass is 16.2. The third kappa shape index (κ3) is 5.07. The van der Waals surface area contributed by atoms with E-state index in [4.69, 9.17) is 0 Å². The lowest BCUT2D eigenvalue weighted by molar-refractivity contribution is -0.134. The molecule has 1 saturated heterocycles. The van der Waals surface area contributed by atoms with Gasteiger partial charge in [-0.2, -0.15) is 0 Å². The van der Waals surface area contributed by atoms with Crippen molar-refractivity contribution in [3.63, 3.8) is 0 Å². The van der Waals surface area contributed by atoms with Gasteiger partial charge in [-0.25, -0.2) is 0 Å². The van der Waals surface area contributed by atoms with E-state index in [0.717, 1.165) is 51.7 Å². The lowest BCUT2D eigenvalue weighted by atomic mass is 10.0. The standard InChI is InChI=1S/C14H28N2O/c1-3-5-11-16(12-6-4-2)14(17)13-9-7-8-10-15-13/h13,15H,3-12H2,1-2H3/t13-/m0/s1. The number of hydrogen-bond acceptors (Lipinski definition) is 2. The van der Waals surface area contributed by atoms with Crippen molar-refractivity contribution in [2.75, 3.05) is 19.6 Å². The molecule has 1 N–H and O–H groups in total. The lowest BCUT2D eigenvalue weighted by Crippen LogP contribution is -2.49. The van der Waals surface area contributed by atoms with Crippen molar-refractivity contribution in [3.05, 3.63) is 0 Å². The van der Waals surface area contributed by atoms with Crippen LogP contribution in [0.3, 0.4) is 0 Å². The van der Waals surface area contributed by atoms with E-state index in [2.05, 4.69) is 24.1 Å². The average Bonchev–Trinajstić information content (AvgIpc) is 2.39. The van der Waals surface area contributed by atoms with Gasteiger partial charge >= 0.3 is 0 Å². The third-order valence-corrected chi connectivity index (χ3v) is 3.48. The number of nitrogens with one attached hydrogen (secondary N) is 1. The number of carbonyl (C=O) groups is 1. The van der Waals surface area contributed by atoms with Gasteiger partial charge in [0.05, 0.1) is 6.04 Å². The predicted molar refractivity (Wildman–Crippen MR) is 72.0 cm³/mol. The van der Waals surface area contributed by atoms with Gasteiger partial charge in [0.2, 0.25) is 5.91 Å². The highest BCUT2D eigenvalue weighted by Crippen LogP contribution is 2.11. The lowest BCUT2D eigenvalue weighted by Gasteiger charge is -2.30. The molecule has 1 atom stereocenters. The second-order valence-electron chi connectivity index (χ2n) is 5.03. The van der Waals surface area contributed by atoms with Crippen LogP contribution < -0.4 is 5.32 Å². The summed E-state index contributed by atoms with van der Waals surface area (Å²) in [5, 5.41) is 3.36. The number of amides is 1. The molecule has 0 spiro atoms. The van der Waals surface area contributed by atoms with E-state index in [-0.39, 0.29) is 6.04 Å². The summed E-state index contributed by atoms with van der Waals surface area (Å²) in [6.45, 7) is 7.25. The zero-order valence-corrected chi connectivity index (χ0v) is 11.5. The quantitative estimate of drug-likeness (QED) is 0.742. The Kier molecular flexibility index (Phi) is 7.25. The van der Waals surface area contributed by atoms with Crippen LogP contribution in [0, 0.1) is 0 Å². The molecule has 0 aromatic heterocycles. The van der Waals surface area contributed by atoms with Gasteiger partial charge in [-0.05, 0) is 32.2 Å². The van der Waals surface area contributed by atoms with Crippen LogP contribution in [0.15, 0.2) is 0 Å². The molecule has 1 amide bonds. The van der Waals surface area contributed by atoms with Gasteiger partial charge in [0.15, 0.2) is 0 Å². The molecule has 1 aliphatic rings. The van der Waals surface area contributed by atoms with Crippen LogP contribution in [-0.4, -0.2) is 36.5 Å². The van der Waals surface area contributed by atoms with Crippen LogP contribution in [0.4, 0.5) is 0 Å². The van der Waals surface area contributed by atoms with Crippen molar-refractivity contribution in [2.45, 2.75) is 64.8 Å². The highest BCUT2D eigenvalue weighted by Gasteiger charge is 2.24. The first-order chi connectivity index (χ1) is 8.29. The molecule has 0 aromatic rings. The molecule has 1 heterocycles. The molecule has 0 radical (unpaired) electrons. The Morgan fingerprint density at radius 2 is 1.82 bits per heavy atom. The number of piperidine rings is 1. The number of carbonyl (C=O) groups excluding carboxylic acids is 1. The van der Waals surface area contributed by atoms with Gasteiger partial charge in [0, 0.05) is 13.1 Å². The Balaban J connectivity index is 2.44. The van der Waals surface area contributed by atoms with Crippen molar-refractivity contribution in [1.29, 1.82) is 0 Å². The molecule has 0 aliphatic carbocycles. The summed E-state index contributed by atoms with van der Waals surface area (Å²) in [5.41, 5.74) is 0. The van der Waals surface area contributed by atoms with Crippen LogP contribution in [0.25, 0.3) is 0 Å². The maximum atomic E-state index is 12.4. The fourth-order valence-corrected chi connectivity index (χ4v) is 2.31. The van der Waals surface area contributed by atoms with Gasteiger partial charge < -0.3 is 10.2 Å². The van der Waals surface area contributed by atoms with Crippen LogP contribution in [0.5, 0.6) is 0 Å². The van der Waals surface area contributed by atoms with Crippen molar-refractivity contribution in [3.8, 4) is 0 Å². The number of unbranched alkanes of at least 4 members (excludes halogenated alkanes) is 2. The Morgan fingerprint density at radius 3 is 2.29 bits per heavy atom. The Bertz CT molecular complexity index is 204. The van der Waals surface area contributed by atoms with Gasteiger partial charge in [0.1, 0.15) is 0 Å². The van der Waals surface area contributed by atoms with E-state index >= 15 is 0 Å². The van der Waals surface area contributed by atoms with Crippen LogP contribution >= 0.6 is 0 Å². The molecule has 0 aromatic carbocycles. The van der Waals surface area contributed by atoms with Crippen LogP contribution in [-0.2, 0) is 4.79 Å². The zero-order chi connectivity index (χ0) is 12.5. The molecule has 0 saturated carbocycles. The van der Waals surface area contributed by atoms with E-state index in [1.54, 1.807) is 0 Å². The maximum Gasteiger partial charge on any atom is 0.239 e. The summed E-state index contributed by atoms with van der Waals surface area (Å²) >= 11 is 0. The number of nitrogens with zero attached hydrogens (tertiary/aromatic N) is 1. The summed E-state index contributed by atoms with van der Waals surface area (Å²) < 4.78 is 0. The smallest absolute Gasteiger partial charge is 0.239 e. The Labute approximate surface area is 106 Å². The van der Waals surface area contributed by atoms with Gasteiger partial charge in [-0.3, -0.25) is 4.79 Å². The van der Waals surface area contributed by atoms with E-state index in [0.29, 0.717) is 5.91 Å². The normalized spacial score (nSPS) is 20.2. The second-order valence-corrected chi connectivity index (χ2v) is 5.03. The predicted octanol–water partition coefficient (Wildman–Crippen LogP) is 2.56. The first kappa shape index (κ1) is 14.5. The van der Waals surface area contributed by atoms with E-state index in [1.165, 1.54) is 12.8 Å². The molecular weight excluding hydrogens is 212 g/mol. The highest BCUT2D eigenvalue weighted by molar-refractivity contribution is 5.82. The van der Waals surface area contributed by atoms with Crippen LogP contribution in [0.1, 0.15) is 58.8 Å². The molecule has 0 bridgehead atoms. The number of rotatable bonds is 7. The number of hydrogen-bond donors (Lipinski definition) is 1. The molecule has 100 valence electrons. The molecule has 17 heavy (non-hydrogen) atoms. The zero-order valence-electron chi connectivity index (χ0n) is 11.5. The molecule has 1 aliphatic heterocycles. The fourth-order valence-electron chi connectivity index (χ4n) is 2.31. The third-order valence-electron chi connectivity index (χ3n) is 3.48. The van der Waals surface area contributed by atoms with Crippen molar-refractivity contribution in [1.82, 2.24) is 10.2 Å². The summed E-state index contributed by atoms with van der Waals surface area (Å²) in [5.74, 6) is 0.339. The van der Waals surface area contributed by atoms with Crippen molar-refractivity contribution < 1.29 is 4.79 Å². The SMILES string of the molecule is CCCCN(CCCC)C(=O)[C@@H]1CCCCN1. The summed E-state index contributed by atoms with van der Waals surface area (Å²) in [6, 6.07) is 0.0949. The fraction of sp³-hybridized carbons (Fsp3) is 0.929. The molecule has 1 fully saturated rings. The molecule has 3 heteroatoms. The topological polar surface area (TPSA) is 32.3 Å². The van der Waals surface area contributed by atoms with E-state index in [1.807, 2.05) is 0 Å². The summed E-state index contributed by atoms with van der Waals surface area (Å²) in [4.78, 5) is 14.5. The minimum absolute atomic E-state index is 0.0949. The Morgan fingerprint density at radius 1 is 1.18 bits per heavy atom. The second kappa shape index (κ2) is 8.51. The van der Waals surface area contributed by atoms with E-state index in [9.17, 15) is 4.79 Å². The Hall–Kier alpha value is -0.570. The van der Waals surface area contributed by atoms with Gasteiger partial charge in [-0.1, -0.05) is 33.1 Å². The molecule has 1 rings (SSSR count). The van der Waals surface area contributed by atoms with Crippen LogP contribution in [0.2, 0.25) is 0 Å². The minimum atomic E-state index is 0.0949. The van der Waals surface area contributed by atoms with Crippen molar-refractivity contribution in [2.24, 2.45) is 0 Å². The summed E-state index contributed by atoms with van der Waals surface area (Å²) in [6.07, 6.45) is 8.01. The molecule has 0 unspecified atom stereocenters. The first-order valence-corrected chi connectivity index (χ1v) is 7.31. The van der Waals surface area contributed by atoms with Crippen molar-refractivity contribution >= 4 is 5.91 Å². The summed E-state index contributed by atoms with van der Waals surface area (Å²) in [7, 11) is 0. The first-order valence-electron chi connectivity index (χ1n) is 7.31. The largest absolute Gasteiger partial charge is 0.341 e. The average molecular weight is 240 g/mol. The minimum Gasteiger partial charge on any atom is -0.341 e. The molecular formula is C14H28N2O. The maximum absolute atomic E-state index is 12.4. The molecule has 3 nitrogen and oxygen atoms in total. The monoisotopic (exact) mass is 240 g/mol. The van der Waals surface area contributed by atoms with Gasteiger partial charge in [0.25, 0.3) is 0 Å². The van der Waals surface area contributed by atoms with Gasteiger partial charge in [-0.15, -0.1) is 0 Å².